The Kier molecular flexibility index (Phi) is 4.36. The van der Waals surface area contributed by atoms with Gasteiger partial charge >= 0.3 is 0 Å². The number of hydrogen-bond acceptors (Lipinski definition) is 4. The lowest BCUT2D eigenvalue weighted by Gasteiger charge is -2.33. The molecule has 5 heteroatoms. The quantitative estimate of drug-likeness (QED) is 0.588. The monoisotopic (exact) mass is 240 g/mol. The highest BCUT2D eigenvalue weighted by Gasteiger charge is 2.26. The van der Waals surface area contributed by atoms with Crippen LogP contribution in [0.3, 0.4) is 0 Å². The molecule has 0 aromatic carbocycles. The van der Waals surface area contributed by atoms with Gasteiger partial charge in [-0.3, -0.25) is 4.79 Å². The second-order valence-corrected chi connectivity index (χ2v) is 5.38. The summed E-state index contributed by atoms with van der Waals surface area (Å²) in [6.45, 7) is 5.84. The lowest BCUT2D eigenvalue weighted by Crippen LogP contribution is -2.60. The zero-order chi connectivity index (χ0) is 12.3. The van der Waals surface area contributed by atoms with Crippen molar-refractivity contribution in [2.45, 2.75) is 37.9 Å². The average Bonchev–Trinajstić information content (AvgIpc) is 2.29. The van der Waals surface area contributed by atoms with Gasteiger partial charge in [0.15, 0.2) is 0 Å². The lowest BCUT2D eigenvalue weighted by molar-refractivity contribution is -0.124. The predicted octanol–water partition coefficient (Wildman–Crippen LogP) is -0.853. The molecule has 0 aromatic rings. The Labute approximate surface area is 103 Å². The first-order chi connectivity index (χ1) is 8.15. The fraction of sp³-hybridized carbons (Fsp3) is 0.917. The minimum Gasteiger partial charge on any atom is -0.351 e. The summed E-state index contributed by atoms with van der Waals surface area (Å²) in [5, 5.41) is 9.76. The molecule has 2 fully saturated rings. The number of piperazine rings is 1. The van der Waals surface area contributed by atoms with Crippen molar-refractivity contribution in [3.63, 3.8) is 0 Å². The molecule has 2 aliphatic rings. The van der Waals surface area contributed by atoms with Crippen molar-refractivity contribution in [2.75, 3.05) is 33.2 Å². The number of amides is 1. The van der Waals surface area contributed by atoms with Gasteiger partial charge in [0.2, 0.25) is 5.91 Å². The first kappa shape index (κ1) is 12.8. The van der Waals surface area contributed by atoms with Crippen molar-refractivity contribution in [1.29, 1.82) is 0 Å². The van der Waals surface area contributed by atoms with Crippen molar-refractivity contribution < 1.29 is 4.79 Å². The number of nitrogens with zero attached hydrogens (tertiary/aromatic N) is 1. The molecule has 0 bridgehead atoms. The first-order valence-corrected chi connectivity index (χ1v) is 6.61. The smallest absolute Gasteiger partial charge is 0.238 e. The standard InChI is InChI=1S/C12H24N4O/c1-9-6-14-11(7-13-9)12(17)15-10-4-3-5-16(2)8-10/h9-11,13-14H,3-8H2,1-2H3,(H,15,17). The Morgan fingerprint density at radius 2 is 2.18 bits per heavy atom. The van der Waals surface area contributed by atoms with Crippen molar-refractivity contribution in [1.82, 2.24) is 20.9 Å². The van der Waals surface area contributed by atoms with E-state index in [2.05, 4.69) is 34.8 Å². The molecule has 3 atom stereocenters. The molecule has 1 amide bonds. The van der Waals surface area contributed by atoms with E-state index in [1.165, 1.54) is 6.42 Å². The molecule has 0 aliphatic carbocycles. The number of rotatable bonds is 2. The molecule has 5 nitrogen and oxygen atoms in total. The number of likely N-dealkylation sites (tertiary alicyclic amines) is 1. The van der Waals surface area contributed by atoms with E-state index in [1.807, 2.05) is 0 Å². The second kappa shape index (κ2) is 5.80. The van der Waals surface area contributed by atoms with Crippen molar-refractivity contribution in [3.8, 4) is 0 Å². The molecular weight excluding hydrogens is 216 g/mol. The molecule has 2 rings (SSSR count). The number of piperidine rings is 1. The summed E-state index contributed by atoms with van der Waals surface area (Å²) in [5.74, 6) is 0.143. The van der Waals surface area contributed by atoms with Crippen LogP contribution in [0.4, 0.5) is 0 Å². The van der Waals surface area contributed by atoms with E-state index in [-0.39, 0.29) is 11.9 Å². The largest absolute Gasteiger partial charge is 0.351 e. The minimum absolute atomic E-state index is 0.0709. The van der Waals surface area contributed by atoms with E-state index < -0.39 is 0 Å². The Bertz CT molecular complexity index is 263. The summed E-state index contributed by atoms with van der Waals surface area (Å²) in [4.78, 5) is 14.3. The molecule has 2 aliphatic heterocycles. The molecule has 3 unspecified atom stereocenters. The van der Waals surface area contributed by atoms with E-state index in [4.69, 9.17) is 0 Å². The summed E-state index contributed by atoms with van der Waals surface area (Å²) in [6, 6.07) is 0.709. The minimum atomic E-state index is -0.0709. The van der Waals surface area contributed by atoms with E-state index >= 15 is 0 Å². The predicted molar refractivity (Wildman–Crippen MR) is 67.9 cm³/mol. The average molecular weight is 240 g/mol. The van der Waals surface area contributed by atoms with Crippen molar-refractivity contribution in [2.24, 2.45) is 0 Å². The number of hydrogen-bond donors (Lipinski definition) is 3. The molecule has 0 saturated carbocycles. The van der Waals surface area contributed by atoms with Crippen LogP contribution in [0.25, 0.3) is 0 Å². The molecule has 98 valence electrons. The Morgan fingerprint density at radius 3 is 2.82 bits per heavy atom. The van der Waals surface area contributed by atoms with Crippen LogP contribution in [-0.2, 0) is 4.79 Å². The van der Waals surface area contributed by atoms with Gasteiger partial charge in [-0.2, -0.15) is 0 Å². The zero-order valence-corrected chi connectivity index (χ0v) is 10.8. The fourth-order valence-corrected chi connectivity index (χ4v) is 2.55. The molecule has 0 spiro atoms. The normalized spacial score (nSPS) is 35.5. The molecule has 0 radical (unpaired) electrons. The van der Waals surface area contributed by atoms with Crippen LogP contribution < -0.4 is 16.0 Å². The Hall–Kier alpha value is -0.650. The van der Waals surface area contributed by atoms with Crippen LogP contribution >= 0.6 is 0 Å². The third-order valence-electron chi connectivity index (χ3n) is 3.63. The number of carbonyl (C=O) groups excluding carboxylic acids is 1. The molecule has 3 N–H and O–H groups in total. The topological polar surface area (TPSA) is 56.4 Å². The van der Waals surface area contributed by atoms with Gasteiger partial charge in [-0.15, -0.1) is 0 Å². The van der Waals surface area contributed by atoms with Gasteiger partial charge in [-0.1, -0.05) is 0 Å². The highest BCUT2D eigenvalue weighted by molar-refractivity contribution is 5.82. The van der Waals surface area contributed by atoms with Crippen molar-refractivity contribution >= 4 is 5.91 Å². The van der Waals surface area contributed by atoms with E-state index in [1.54, 1.807) is 0 Å². The molecule has 2 saturated heterocycles. The van der Waals surface area contributed by atoms with E-state index in [9.17, 15) is 4.79 Å². The van der Waals surface area contributed by atoms with Crippen molar-refractivity contribution in [3.05, 3.63) is 0 Å². The number of nitrogens with one attached hydrogen (secondary N) is 3. The van der Waals surface area contributed by atoms with E-state index in [0.29, 0.717) is 12.1 Å². The summed E-state index contributed by atoms with van der Waals surface area (Å²) in [6.07, 6.45) is 2.28. The first-order valence-electron chi connectivity index (χ1n) is 6.61. The van der Waals surface area contributed by atoms with E-state index in [0.717, 1.165) is 32.6 Å². The van der Waals surface area contributed by atoms with Gasteiger partial charge in [0.1, 0.15) is 0 Å². The van der Waals surface area contributed by atoms with Gasteiger partial charge in [0.25, 0.3) is 0 Å². The molecule has 0 aromatic heterocycles. The third kappa shape index (κ3) is 3.66. The second-order valence-electron chi connectivity index (χ2n) is 5.38. The summed E-state index contributed by atoms with van der Waals surface area (Å²) < 4.78 is 0. The Morgan fingerprint density at radius 1 is 1.35 bits per heavy atom. The maximum Gasteiger partial charge on any atom is 0.238 e. The molecule has 17 heavy (non-hydrogen) atoms. The SMILES string of the molecule is CC1CNC(C(=O)NC2CCCN(C)C2)CN1. The number of carbonyl (C=O) groups is 1. The van der Waals surface area contributed by atoms with Crippen LogP contribution in [0.5, 0.6) is 0 Å². The maximum absolute atomic E-state index is 12.0. The van der Waals surface area contributed by atoms with Crippen LogP contribution in [0.2, 0.25) is 0 Å². The van der Waals surface area contributed by atoms with Crippen LogP contribution in [0.15, 0.2) is 0 Å². The van der Waals surface area contributed by atoms with Crippen LogP contribution in [0, 0.1) is 0 Å². The third-order valence-corrected chi connectivity index (χ3v) is 3.63. The highest BCUT2D eigenvalue weighted by atomic mass is 16.2. The summed E-state index contributed by atoms with van der Waals surface area (Å²) in [7, 11) is 2.11. The van der Waals surface area contributed by atoms with Crippen LogP contribution in [0.1, 0.15) is 19.8 Å². The van der Waals surface area contributed by atoms with Gasteiger partial charge in [-0.25, -0.2) is 0 Å². The molecule has 2 heterocycles. The zero-order valence-electron chi connectivity index (χ0n) is 10.8. The maximum atomic E-state index is 12.0. The van der Waals surface area contributed by atoms with Crippen LogP contribution in [-0.4, -0.2) is 62.2 Å². The lowest BCUT2D eigenvalue weighted by atomic mass is 10.1. The van der Waals surface area contributed by atoms with Gasteiger partial charge < -0.3 is 20.9 Å². The highest BCUT2D eigenvalue weighted by Crippen LogP contribution is 2.08. The fourth-order valence-electron chi connectivity index (χ4n) is 2.55. The van der Waals surface area contributed by atoms with Gasteiger partial charge in [0, 0.05) is 31.7 Å². The Balaban J connectivity index is 1.76. The molecular formula is C12H24N4O. The van der Waals surface area contributed by atoms with Gasteiger partial charge in [-0.05, 0) is 33.4 Å². The van der Waals surface area contributed by atoms with Gasteiger partial charge in [0.05, 0.1) is 6.04 Å². The summed E-state index contributed by atoms with van der Waals surface area (Å²) in [5.41, 5.74) is 0. The number of likely N-dealkylation sites (N-methyl/N-ethyl adjacent to an activating group) is 1. The summed E-state index contributed by atoms with van der Waals surface area (Å²) >= 11 is 0.